The van der Waals surface area contributed by atoms with Crippen LogP contribution in [0, 0.1) is 0 Å². The molecule has 2 heterocycles. The lowest BCUT2D eigenvalue weighted by Gasteiger charge is -2.20. The van der Waals surface area contributed by atoms with Crippen molar-refractivity contribution in [1.82, 2.24) is 4.90 Å². The summed E-state index contributed by atoms with van der Waals surface area (Å²) >= 11 is 0. The first-order valence-corrected chi connectivity index (χ1v) is 4.34. The van der Waals surface area contributed by atoms with Crippen LogP contribution in [0.25, 0.3) is 0 Å². The number of likely N-dealkylation sites (tertiary alicyclic amines) is 1. The standard InChI is InChI=1S/C8H13NO4/c1-9-5-8(12-2-3-13-8)4-6(9)7(10)11/h6H,2-5H2,1H3,(H,10,11)/t6-/m0/s1. The van der Waals surface area contributed by atoms with E-state index in [4.69, 9.17) is 14.6 Å². The molecule has 0 unspecified atom stereocenters. The van der Waals surface area contributed by atoms with E-state index in [0.717, 1.165) is 0 Å². The summed E-state index contributed by atoms with van der Waals surface area (Å²) in [7, 11) is 1.78. The number of hydrogen-bond donors (Lipinski definition) is 1. The molecule has 0 aromatic heterocycles. The average molecular weight is 187 g/mol. The number of carboxylic acids is 1. The fourth-order valence-corrected chi connectivity index (χ4v) is 1.99. The molecule has 5 nitrogen and oxygen atoms in total. The highest BCUT2D eigenvalue weighted by Gasteiger charge is 2.49. The van der Waals surface area contributed by atoms with Gasteiger partial charge in [0, 0.05) is 6.42 Å². The van der Waals surface area contributed by atoms with Crippen LogP contribution in [0.5, 0.6) is 0 Å². The maximum atomic E-state index is 10.8. The van der Waals surface area contributed by atoms with Gasteiger partial charge in [-0.05, 0) is 7.05 Å². The Morgan fingerprint density at radius 3 is 2.62 bits per heavy atom. The van der Waals surface area contributed by atoms with Crippen molar-refractivity contribution in [1.29, 1.82) is 0 Å². The van der Waals surface area contributed by atoms with E-state index in [1.54, 1.807) is 11.9 Å². The number of rotatable bonds is 1. The van der Waals surface area contributed by atoms with Crippen LogP contribution < -0.4 is 0 Å². The molecular formula is C8H13NO4. The number of carbonyl (C=O) groups is 1. The normalized spacial score (nSPS) is 32.8. The fraction of sp³-hybridized carbons (Fsp3) is 0.875. The molecule has 0 aromatic rings. The highest BCUT2D eigenvalue weighted by molar-refractivity contribution is 5.74. The summed E-state index contributed by atoms with van der Waals surface area (Å²) in [6, 6.07) is -0.474. The van der Waals surface area contributed by atoms with E-state index >= 15 is 0 Å². The molecule has 1 spiro atoms. The Morgan fingerprint density at radius 1 is 1.54 bits per heavy atom. The van der Waals surface area contributed by atoms with Gasteiger partial charge in [-0.25, -0.2) is 0 Å². The molecule has 0 saturated carbocycles. The Labute approximate surface area is 76.2 Å². The first-order valence-electron chi connectivity index (χ1n) is 4.34. The Kier molecular flexibility index (Phi) is 2.02. The van der Waals surface area contributed by atoms with Gasteiger partial charge in [0.2, 0.25) is 0 Å². The monoisotopic (exact) mass is 187 g/mol. The van der Waals surface area contributed by atoms with Gasteiger partial charge in [0.1, 0.15) is 6.04 Å². The smallest absolute Gasteiger partial charge is 0.321 e. The van der Waals surface area contributed by atoms with Crippen LogP contribution in [-0.2, 0) is 14.3 Å². The van der Waals surface area contributed by atoms with E-state index in [-0.39, 0.29) is 0 Å². The zero-order valence-electron chi connectivity index (χ0n) is 7.52. The predicted molar refractivity (Wildman–Crippen MR) is 43.3 cm³/mol. The van der Waals surface area contributed by atoms with Gasteiger partial charge in [0.05, 0.1) is 19.8 Å². The highest BCUT2D eigenvalue weighted by Crippen LogP contribution is 2.33. The van der Waals surface area contributed by atoms with Gasteiger partial charge in [-0.15, -0.1) is 0 Å². The number of carboxylic acid groups (broad SMARTS) is 1. The zero-order chi connectivity index (χ0) is 9.47. The van der Waals surface area contributed by atoms with Crippen LogP contribution in [0.1, 0.15) is 6.42 Å². The minimum absolute atomic E-state index is 0.429. The fourth-order valence-electron chi connectivity index (χ4n) is 1.99. The van der Waals surface area contributed by atoms with Gasteiger partial charge < -0.3 is 14.6 Å². The lowest BCUT2D eigenvalue weighted by molar-refractivity contribution is -0.150. The van der Waals surface area contributed by atoms with Crippen LogP contribution in [-0.4, -0.2) is 54.6 Å². The largest absolute Gasteiger partial charge is 0.480 e. The number of ether oxygens (including phenoxy) is 2. The van der Waals surface area contributed by atoms with E-state index in [0.29, 0.717) is 26.2 Å². The van der Waals surface area contributed by atoms with Crippen molar-refractivity contribution >= 4 is 5.97 Å². The van der Waals surface area contributed by atoms with E-state index in [1.165, 1.54) is 0 Å². The van der Waals surface area contributed by atoms with Crippen LogP contribution in [0.4, 0.5) is 0 Å². The topological polar surface area (TPSA) is 59.0 Å². The SMILES string of the molecule is CN1CC2(C[C@H]1C(=O)O)OCCO2. The van der Waals surface area contributed by atoms with Crippen LogP contribution in [0.15, 0.2) is 0 Å². The van der Waals surface area contributed by atoms with Crippen LogP contribution in [0.2, 0.25) is 0 Å². The van der Waals surface area contributed by atoms with Gasteiger partial charge in [0.25, 0.3) is 0 Å². The Bertz CT molecular complexity index is 224. The molecule has 2 fully saturated rings. The summed E-state index contributed by atoms with van der Waals surface area (Å²) in [5.41, 5.74) is 0. The summed E-state index contributed by atoms with van der Waals surface area (Å²) in [5, 5.41) is 8.87. The average Bonchev–Trinajstić information content (AvgIpc) is 2.60. The van der Waals surface area contributed by atoms with Crippen molar-refractivity contribution in [2.24, 2.45) is 0 Å². The molecule has 1 atom stereocenters. The summed E-state index contributed by atoms with van der Waals surface area (Å²) < 4.78 is 10.8. The quantitative estimate of drug-likeness (QED) is 0.600. The third-order valence-electron chi connectivity index (χ3n) is 2.63. The van der Waals surface area contributed by atoms with Crippen molar-refractivity contribution in [3.05, 3.63) is 0 Å². The molecule has 13 heavy (non-hydrogen) atoms. The molecule has 5 heteroatoms. The molecule has 0 aromatic carbocycles. The van der Waals surface area contributed by atoms with Crippen molar-refractivity contribution in [2.75, 3.05) is 26.8 Å². The summed E-state index contributed by atoms with van der Waals surface area (Å²) in [4.78, 5) is 12.6. The van der Waals surface area contributed by atoms with E-state index < -0.39 is 17.8 Å². The molecule has 0 amide bonds. The summed E-state index contributed by atoms with van der Waals surface area (Å²) in [6.07, 6.45) is 0.429. The Balaban J connectivity index is 2.09. The molecule has 74 valence electrons. The maximum Gasteiger partial charge on any atom is 0.321 e. The van der Waals surface area contributed by atoms with Crippen LogP contribution in [0.3, 0.4) is 0 Å². The van der Waals surface area contributed by atoms with Crippen LogP contribution >= 0.6 is 0 Å². The Morgan fingerprint density at radius 2 is 2.15 bits per heavy atom. The van der Waals surface area contributed by atoms with Gasteiger partial charge in [0.15, 0.2) is 5.79 Å². The maximum absolute atomic E-state index is 10.8. The highest BCUT2D eigenvalue weighted by atomic mass is 16.7. The van der Waals surface area contributed by atoms with Crippen molar-refractivity contribution in [3.63, 3.8) is 0 Å². The predicted octanol–water partition coefficient (Wildman–Crippen LogP) is -0.482. The number of hydrogen-bond acceptors (Lipinski definition) is 4. The summed E-state index contributed by atoms with van der Waals surface area (Å²) in [5.74, 6) is -1.45. The molecular weight excluding hydrogens is 174 g/mol. The van der Waals surface area contributed by atoms with E-state index in [2.05, 4.69) is 0 Å². The number of likely N-dealkylation sites (N-methyl/N-ethyl adjacent to an activating group) is 1. The second-order valence-electron chi connectivity index (χ2n) is 3.58. The van der Waals surface area contributed by atoms with Gasteiger partial charge >= 0.3 is 5.97 Å². The molecule has 1 N–H and O–H groups in total. The minimum atomic E-state index is -0.807. The molecule has 2 rings (SSSR count). The Hall–Kier alpha value is -0.650. The van der Waals surface area contributed by atoms with Gasteiger partial charge in [-0.3, -0.25) is 9.69 Å². The lowest BCUT2D eigenvalue weighted by Crippen LogP contribution is -2.33. The first-order chi connectivity index (χ1) is 6.13. The third kappa shape index (κ3) is 1.43. The number of aliphatic carboxylic acids is 1. The van der Waals surface area contributed by atoms with Gasteiger partial charge in [-0.2, -0.15) is 0 Å². The third-order valence-corrected chi connectivity index (χ3v) is 2.63. The van der Waals surface area contributed by atoms with E-state index in [9.17, 15) is 4.79 Å². The summed E-state index contributed by atoms with van der Waals surface area (Å²) in [6.45, 7) is 1.68. The molecule has 2 saturated heterocycles. The zero-order valence-corrected chi connectivity index (χ0v) is 7.52. The molecule has 0 bridgehead atoms. The number of nitrogens with zero attached hydrogens (tertiary/aromatic N) is 1. The van der Waals surface area contributed by atoms with Crippen molar-refractivity contribution in [2.45, 2.75) is 18.2 Å². The lowest BCUT2D eigenvalue weighted by atomic mass is 10.1. The minimum Gasteiger partial charge on any atom is -0.480 e. The molecule has 2 aliphatic heterocycles. The second kappa shape index (κ2) is 2.94. The first kappa shape index (κ1) is 8.93. The molecule has 0 radical (unpaired) electrons. The van der Waals surface area contributed by atoms with Gasteiger partial charge in [-0.1, -0.05) is 0 Å². The van der Waals surface area contributed by atoms with Crippen molar-refractivity contribution in [3.8, 4) is 0 Å². The van der Waals surface area contributed by atoms with Crippen molar-refractivity contribution < 1.29 is 19.4 Å². The molecule has 0 aliphatic carbocycles. The van der Waals surface area contributed by atoms with E-state index in [1.807, 2.05) is 0 Å². The molecule has 2 aliphatic rings. The second-order valence-corrected chi connectivity index (χ2v) is 3.58.